The Kier molecular flexibility index (Phi) is 6.71. The van der Waals surface area contributed by atoms with Crippen LogP contribution in [0.2, 0.25) is 0 Å². The van der Waals surface area contributed by atoms with Gasteiger partial charge in [-0.15, -0.1) is 0 Å². The molecule has 0 rings (SSSR count). The molecular weight excluding hydrogens is 136 g/mol. The first-order valence-electron chi connectivity index (χ1n) is 4.23. The number of rotatable bonds is 5. The number of nitriles is 1. The van der Waals surface area contributed by atoms with Crippen molar-refractivity contribution in [1.29, 1.82) is 5.26 Å². The highest BCUT2D eigenvalue weighted by molar-refractivity contribution is 5.56. The molecule has 0 aliphatic rings. The van der Waals surface area contributed by atoms with Crippen molar-refractivity contribution in [3.8, 4) is 6.07 Å². The Bertz CT molecular complexity index is 144. The lowest BCUT2D eigenvalue weighted by atomic mass is 10.1. The van der Waals surface area contributed by atoms with E-state index in [4.69, 9.17) is 5.26 Å². The molecule has 0 heterocycles. The Balaban J connectivity index is 3.53. The third kappa shape index (κ3) is 5.60. The molecule has 0 spiro atoms. The van der Waals surface area contributed by atoms with Gasteiger partial charge in [-0.1, -0.05) is 20.3 Å². The largest absolute Gasteiger partial charge is 0.296 e. The molecular formula is C9H16N2. The average Bonchev–Trinajstić information content (AvgIpc) is 2.03. The van der Waals surface area contributed by atoms with Crippen LogP contribution in [0.25, 0.3) is 0 Å². The molecule has 0 fully saturated rings. The van der Waals surface area contributed by atoms with Gasteiger partial charge < -0.3 is 0 Å². The molecule has 0 radical (unpaired) electrons. The van der Waals surface area contributed by atoms with Crippen molar-refractivity contribution in [1.82, 2.24) is 0 Å². The van der Waals surface area contributed by atoms with Gasteiger partial charge in [-0.25, -0.2) is 0 Å². The van der Waals surface area contributed by atoms with E-state index in [1.54, 1.807) is 0 Å². The highest BCUT2D eigenvalue weighted by Crippen LogP contribution is 2.04. The zero-order chi connectivity index (χ0) is 8.53. The summed E-state index contributed by atoms with van der Waals surface area (Å²) < 4.78 is 0. The monoisotopic (exact) mass is 152 g/mol. The van der Waals surface area contributed by atoms with Gasteiger partial charge in [0.1, 0.15) is 0 Å². The average molecular weight is 152 g/mol. The molecule has 0 bridgehead atoms. The summed E-state index contributed by atoms with van der Waals surface area (Å²) in [6, 6.07) is 2.25. The molecule has 1 unspecified atom stereocenters. The molecule has 0 amide bonds. The summed E-state index contributed by atoms with van der Waals surface area (Å²) in [5.41, 5.74) is 0. The summed E-state index contributed by atoms with van der Waals surface area (Å²) in [5, 5.41) is 8.63. The molecule has 2 nitrogen and oxygen atoms in total. The normalized spacial score (nSPS) is 13.2. The van der Waals surface area contributed by atoms with Crippen LogP contribution in [0.15, 0.2) is 4.99 Å². The number of aliphatic imine (C=N–C) groups is 1. The van der Waals surface area contributed by atoms with Crippen molar-refractivity contribution in [2.75, 3.05) is 6.54 Å². The van der Waals surface area contributed by atoms with E-state index in [1.165, 1.54) is 0 Å². The van der Waals surface area contributed by atoms with Crippen LogP contribution in [0.4, 0.5) is 0 Å². The van der Waals surface area contributed by atoms with Crippen molar-refractivity contribution in [3.05, 3.63) is 0 Å². The first-order valence-corrected chi connectivity index (χ1v) is 4.23. The van der Waals surface area contributed by atoms with Crippen molar-refractivity contribution in [2.45, 2.75) is 33.1 Å². The topological polar surface area (TPSA) is 36.1 Å². The number of nitrogens with zero attached hydrogens (tertiary/aromatic N) is 2. The first kappa shape index (κ1) is 10.2. The standard InChI is InChI=1S/C9H16N2/c1-3-5-9(7-10)8-11-6-4-2/h6,9H,3-5,8H2,1-2H3. The van der Waals surface area contributed by atoms with Gasteiger partial charge >= 0.3 is 0 Å². The molecule has 0 saturated heterocycles. The van der Waals surface area contributed by atoms with Gasteiger partial charge in [0.15, 0.2) is 0 Å². The predicted molar refractivity (Wildman–Crippen MR) is 47.7 cm³/mol. The Morgan fingerprint density at radius 3 is 2.73 bits per heavy atom. The van der Waals surface area contributed by atoms with Gasteiger partial charge in [0, 0.05) is 0 Å². The van der Waals surface area contributed by atoms with E-state index in [0.717, 1.165) is 19.3 Å². The van der Waals surface area contributed by atoms with E-state index in [-0.39, 0.29) is 5.92 Å². The Labute approximate surface area is 68.9 Å². The van der Waals surface area contributed by atoms with Gasteiger partial charge in [0.25, 0.3) is 0 Å². The molecule has 0 aromatic rings. The van der Waals surface area contributed by atoms with Gasteiger partial charge in [0.05, 0.1) is 18.5 Å². The second-order valence-electron chi connectivity index (χ2n) is 2.57. The fourth-order valence-electron chi connectivity index (χ4n) is 0.876. The van der Waals surface area contributed by atoms with E-state index < -0.39 is 0 Å². The first-order chi connectivity index (χ1) is 5.35. The maximum absolute atomic E-state index is 8.63. The molecule has 0 aliphatic heterocycles. The SMILES string of the molecule is CCC=NCC(C#N)CCC. The second-order valence-corrected chi connectivity index (χ2v) is 2.57. The molecule has 62 valence electrons. The van der Waals surface area contributed by atoms with Crippen molar-refractivity contribution in [3.63, 3.8) is 0 Å². The maximum Gasteiger partial charge on any atom is 0.0675 e. The van der Waals surface area contributed by atoms with E-state index in [9.17, 15) is 0 Å². The number of hydrogen-bond donors (Lipinski definition) is 0. The molecule has 2 heteroatoms. The van der Waals surface area contributed by atoms with E-state index in [2.05, 4.69) is 18.0 Å². The van der Waals surface area contributed by atoms with Crippen LogP contribution in [0.5, 0.6) is 0 Å². The summed E-state index contributed by atoms with van der Waals surface area (Å²) in [7, 11) is 0. The third-order valence-corrected chi connectivity index (χ3v) is 1.46. The van der Waals surface area contributed by atoms with Gasteiger partial charge in [0.2, 0.25) is 0 Å². The van der Waals surface area contributed by atoms with Crippen LogP contribution < -0.4 is 0 Å². The minimum absolute atomic E-state index is 0.128. The fourth-order valence-corrected chi connectivity index (χ4v) is 0.876. The molecule has 1 atom stereocenters. The summed E-state index contributed by atoms with van der Waals surface area (Å²) in [5.74, 6) is 0.128. The lowest BCUT2D eigenvalue weighted by Crippen LogP contribution is -2.00. The lowest BCUT2D eigenvalue weighted by molar-refractivity contribution is 0.604. The van der Waals surface area contributed by atoms with Crippen LogP contribution in [0, 0.1) is 17.2 Å². The minimum atomic E-state index is 0.128. The third-order valence-electron chi connectivity index (χ3n) is 1.46. The van der Waals surface area contributed by atoms with Crippen LogP contribution in [0.1, 0.15) is 33.1 Å². The van der Waals surface area contributed by atoms with E-state index >= 15 is 0 Å². The Hall–Kier alpha value is -0.840. The van der Waals surface area contributed by atoms with Crippen molar-refractivity contribution >= 4 is 6.21 Å². The highest BCUT2D eigenvalue weighted by atomic mass is 14.7. The molecule has 0 N–H and O–H groups in total. The minimum Gasteiger partial charge on any atom is -0.296 e. The van der Waals surface area contributed by atoms with Crippen molar-refractivity contribution < 1.29 is 0 Å². The summed E-state index contributed by atoms with van der Waals surface area (Å²) in [6.45, 7) is 4.82. The van der Waals surface area contributed by atoms with Gasteiger partial charge in [-0.3, -0.25) is 4.99 Å². The van der Waals surface area contributed by atoms with Gasteiger partial charge in [-0.2, -0.15) is 5.26 Å². The van der Waals surface area contributed by atoms with E-state index in [1.807, 2.05) is 13.1 Å². The lowest BCUT2D eigenvalue weighted by Gasteiger charge is -2.01. The number of hydrogen-bond acceptors (Lipinski definition) is 2. The van der Waals surface area contributed by atoms with Crippen LogP contribution in [-0.2, 0) is 0 Å². The molecule has 0 aromatic carbocycles. The van der Waals surface area contributed by atoms with Crippen LogP contribution in [-0.4, -0.2) is 12.8 Å². The fraction of sp³-hybridized carbons (Fsp3) is 0.778. The Morgan fingerprint density at radius 2 is 2.27 bits per heavy atom. The maximum atomic E-state index is 8.63. The molecule has 0 saturated carbocycles. The van der Waals surface area contributed by atoms with Crippen molar-refractivity contribution in [2.24, 2.45) is 10.9 Å². The highest BCUT2D eigenvalue weighted by Gasteiger charge is 2.02. The molecule has 0 aliphatic carbocycles. The van der Waals surface area contributed by atoms with Crippen LogP contribution >= 0.6 is 0 Å². The Morgan fingerprint density at radius 1 is 1.55 bits per heavy atom. The molecule has 11 heavy (non-hydrogen) atoms. The van der Waals surface area contributed by atoms with E-state index in [0.29, 0.717) is 6.54 Å². The summed E-state index contributed by atoms with van der Waals surface area (Å²) in [4.78, 5) is 4.13. The van der Waals surface area contributed by atoms with Crippen LogP contribution in [0.3, 0.4) is 0 Å². The molecule has 0 aromatic heterocycles. The smallest absolute Gasteiger partial charge is 0.0675 e. The summed E-state index contributed by atoms with van der Waals surface area (Å²) in [6.07, 6.45) is 4.88. The zero-order valence-corrected chi connectivity index (χ0v) is 7.38. The zero-order valence-electron chi connectivity index (χ0n) is 7.38. The van der Waals surface area contributed by atoms with Gasteiger partial charge in [-0.05, 0) is 19.1 Å². The quantitative estimate of drug-likeness (QED) is 0.557. The second kappa shape index (κ2) is 7.27. The summed E-state index contributed by atoms with van der Waals surface area (Å²) >= 11 is 0. The predicted octanol–water partition coefficient (Wildman–Crippen LogP) is 2.41.